The first kappa shape index (κ1) is 15.1. The van der Waals surface area contributed by atoms with Crippen LogP contribution < -0.4 is 14.8 Å². The molecule has 20 heavy (non-hydrogen) atoms. The van der Waals surface area contributed by atoms with Crippen molar-refractivity contribution in [1.82, 2.24) is 5.32 Å². The van der Waals surface area contributed by atoms with E-state index in [1.165, 1.54) is 0 Å². The Morgan fingerprint density at radius 3 is 2.55 bits per heavy atom. The lowest BCUT2D eigenvalue weighted by atomic mass is 10.0. The minimum absolute atomic E-state index is 0.102. The summed E-state index contributed by atoms with van der Waals surface area (Å²) in [7, 11) is 3.33. The van der Waals surface area contributed by atoms with Gasteiger partial charge in [-0.25, -0.2) is 0 Å². The van der Waals surface area contributed by atoms with Gasteiger partial charge >= 0.3 is 0 Å². The van der Waals surface area contributed by atoms with Crippen LogP contribution in [0.25, 0.3) is 0 Å². The van der Waals surface area contributed by atoms with Crippen LogP contribution in [0.15, 0.2) is 18.2 Å². The molecule has 0 saturated heterocycles. The van der Waals surface area contributed by atoms with Crippen LogP contribution >= 0.6 is 0 Å². The summed E-state index contributed by atoms with van der Waals surface area (Å²) in [6.45, 7) is 2.70. The van der Waals surface area contributed by atoms with E-state index in [4.69, 9.17) is 9.47 Å². The Kier molecular flexibility index (Phi) is 4.89. The number of hydrogen-bond acceptors (Lipinski definition) is 4. The molecule has 1 saturated carbocycles. The van der Waals surface area contributed by atoms with E-state index >= 15 is 0 Å². The van der Waals surface area contributed by atoms with Gasteiger partial charge in [0.15, 0.2) is 0 Å². The van der Waals surface area contributed by atoms with E-state index in [-0.39, 0.29) is 6.04 Å². The van der Waals surface area contributed by atoms with Gasteiger partial charge in [-0.2, -0.15) is 0 Å². The molecular weight excluding hydrogens is 254 g/mol. The molecule has 1 aromatic rings. The molecule has 0 bridgehead atoms. The molecule has 112 valence electrons. The summed E-state index contributed by atoms with van der Waals surface area (Å²) in [5.41, 5.74) is 0.508. The Labute approximate surface area is 121 Å². The molecule has 1 unspecified atom stereocenters. The Bertz CT molecular complexity index is 441. The van der Waals surface area contributed by atoms with Crippen molar-refractivity contribution in [2.45, 2.75) is 44.2 Å². The van der Waals surface area contributed by atoms with Crippen molar-refractivity contribution < 1.29 is 14.6 Å². The molecule has 1 fully saturated rings. The summed E-state index contributed by atoms with van der Waals surface area (Å²) < 4.78 is 10.7. The summed E-state index contributed by atoms with van der Waals surface area (Å²) in [5.74, 6) is 1.65. The molecular formula is C16H25NO3. The quantitative estimate of drug-likeness (QED) is 0.840. The summed E-state index contributed by atoms with van der Waals surface area (Å²) in [5, 5.41) is 13.8. The standard InChI is InChI=1S/C16H25NO3/c1-12(17-11-16(18)8-4-5-9-16)14-10-13(19-2)6-7-15(14)20-3/h6-7,10,12,17-18H,4-5,8-9,11H2,1-3H3. The highest BCUT2D eigenvalue weighted by Gasteiger charge is 2.31. The minimum Gasteiger partial charge on any atom is -0.497 e. The van der Waals surface area contributed by atoms with E-state index in [9.17, 15) is 5.11 Å². The first-order chi connectivity index (χ1) is 9.58. The molecule has 0 amide bonds. The molecule has 1 atom stereocenters. The average molecular weight is 279 g/mol. The molecule has 1 aliphatic rings. The van der Waals surface area contributed by atoms with E-state index < -0.39 is 5.60 Å². The fourth-order valence-electron chi connectivity index (χ4n) is 2.84. The molecule has 4 nitrogen and oxygen atoms in total. The highest BCUT2D eigenvalue weighted by molar-refractivity contribution is 5.42. The normalized spacial score (nSPS) is 18.8. The van der Waals surface area contributed by atoms with Crippen LogP contribution in [0.4, 0.5) is 0 Å². The van der Waals surface area contributed by atoms with E-state index in [2.05, 4.69) is 12.2 Å². The summed E-state index contributed by atoms with van der Waals surface area (Å²) in [4.78, 5) is 0. The number of ether oxygens (including phenoxy) is 2. The summed E-state index contributed by atoms with van der Waals surface area (Å²) in [6.07, 6.45) is 4.02. The van der Waals surface area contributed by atoms with E-state index in [1.807, 2.05) is 18.2 Å². The number of nitrogens with one attached hydrogen (secondary N) is 1. The van der Waals surface area contributed by atoms with Gasteiger partial charge in [0.1, 0.15) is 11.5 Å². The maximum atomic E-state index is 10.4. The average Bonchev–Trinajstić information content (AvgIpc) is 2.91. The van der Waals surface area contributed by atoms with Gasteiger partial charge < -0.3 is 19.9 Å². The van der Waals surface area contributed by atoms with Gasteiger partial charge in [0.25, 0.3) is 0 Å². The number of rotatable bonds is 6. The van der Waals surface area contributed by atoms with Crippen LogP contribution in [-0.2, 0) is 0 Å². The van der Waals surface area contributed by atoms with Crippen LogP contribution in [0.2, 0.25) is 0 Å². The van der Waals surface area contributed by atoms with Crippen LogP contribution in [0, 0.1) is 0 Å². The summed E-state index contributed by atoms with van der Waals surface area (Å²) in [6, 6.07) is 5.88. The van der Waals surface area contributed by atoms with Crippen molar-refractivity contribution >= 4 is 0 Å². The lowest BCUT2D eigenvalue weighted by molar-refractivity contribution is 0.0452. The monoisotopic (exact) mass is 279 g/mol. The molecule has 0 aromatic heterocycles. The number of methoxy groups -OCH3 is 2. The maximum Gasteiger partial charge on any atom is 0.123 e. The molecule has 2 N–H and O–H groups in total. The van der Waals surface area contributed by atoms with Crippen molar-refractivity contribution in [2.24, 2.45) is 0 Å². The fraction of sp³-hybridized carbons (Fsp3) is 0.625. The second kappa shape index (κ2) is 6.46. The van der Waals surface area contributed by atoms with E-state index in [0.717, 1.165) is 42.7 Å². The SMILES string of the molecule is COc1ccc(OC)c(C(C)NCC2(O)CCCC2)c1. The predicted molar refractivity (Wildman–Crippen MR) is 79.4 cm³/mol. The fourth-order valence-corrected chi connectivity index (χ4v) is 2.84. The van der Waals surface area contributed by atoms with Gasteiger partial charge in [0.05, 0.1) is 19.8 Å². The smallest absolute Gasteiger partial charge is 0.123 e. The first-order valence-electron chi connectivity index (χ1n) is 7.26. The minimum atomic E-state index is -0.541. The van der Waals surface area contributed by atoms with Crippen molar-refractivity contribution in [3.05, 3.63) is 23.8 Å². The second-order valence-electron chi connectivity index (χ2n) is 5.64. The predicted octanol–water partition coefficient (Wildman–Crippen LogP) is 2.66. The molecule has 2 rings (SSSR count). The third kappa shape index (κ3) is 3.44. The molecule has 4 heteroatoms. The Morgan fingerprint density at radius 2 is 1.95 bits per heavy atom. The molecule has 0 radical (unpaired) electrons. The van der Waals surface area contributed by atoms with Gasteiger partial charge in [-0.3, -0.25) is 0 Å². The zero-order chi connectivity index (χ0) is 14.6. The van der Waals surface area contributed by atoms with Crippen molar-refractivity contribution in [3.63, 3.8) is 0 Å². The van der Waals surface area contributed by atoms with Crippen LogP contribution in [-0.4, -0.2) is 31.5 Å². The summed E-state index contributed by atoms with van der Waals surface area (Å²) >= 11 is 0. The van der Waals surface area contributed by atoms with E-state index in [0.29, 0.717) is 6.54 Å². The Balaban J connectivity index is 2.05. The maximum absolute atomic E-state index is 10.4. The Hall–Kier alpha value is -1.26. The van der Waals surface area contributed by atoms with Gasteiger partial charge in [-0.05, 0) is 38.0 Å². The van der Waals surface area contributed by atoms with Gasteiger partial charge in [-0.1, -0.05) is 12.8 Å². The molecule has 0 heterocycles. The van der Waals surface area contributed by atoms with Crippen molar-refractivity contribution in [1.29, 1.82) is 0 Å². The number of hydrogen-bond donors (Lipinski definition) is 2. The zero-order valence-corrected chi connectivity index (χ0v) is 12.6. The number of benzene rings is 1. The van der Waals surface area contributed by atoms with E-state index in [1.54, 1.807) is 14.2 Å². The van der Waals surface area contributed by atoms with Crippen molar-refractivity contribution in [2.75, 3.05) is 20.8 Å². The molecule has 0 spiro atoms. The lowest BCUT2D eigenvalue weighted by Gasteiger charge is -2.26. The largest absolute Gasteiger partial charge is 0.497 e. The van der Waals surface area contributed by atoms with Crippen LogP contribution in [0.5, 0.6) is 11.5 Å². The molecule has 1 aromatic carbocycles. The highest BCUT2D eigenvalue weighted by atomic mass is 16.5. The van der Waals surface area contributed by atoms with Crippen LogP contribution in [0.1, 0.15) is 44.2 Å². The second-order valence-corrected chi connectivity index (χ2v) is 5.64. The Morgan fingerprint density at radius 1 is 1.25 bits per heavy atom. The molecule has 0 aliphatic heterocycles. The molecule has 1 aliphatic carbocycles. The third-order valence-electron chi connectivity index (χ3n) is 4.17. The lowest BCUT2D eigenvalue weighted by Crippen LogP contribution is -2.39. The zero-order valence-electron chi connectivity index (χ0n) is 12.6. The van der Waals surface area contributed by atoms with Crippen molar-refractivity contribution in [3.8, 4) is 11.5 Å². The third-order valence-corrected chi connectivity index (χ3v) is 4.17. The highest BCUT2D eigenvalue weighted by Crippen LogP contribution is 2.32. The number of aliphatic hydroxyl groups is 1. The first-order valence-corrected chi connectivity index (χ1v) is 7.26. The van der Waals surface area contributed by atoms with Gasteiger partial charge in [0, 0.05) is 18.2 Å². The van der Waals surface area contributed by atoms with Gasteiger partial charge in [0.2, 0.25) is 0 Å². The van der Waals surface area contributed by atoms with Crippen LogP contribution in [0.3, 0.4) is 0 Å². The van der Waals surface area contributed by atoms with Gasteiger partial charge in [-0.15, -0.1) is 0 Å². The topological polar surface area (TPSA) is 50.7 Å².